The molecule has 19 heteroatoms. The van der Waals surface area contributed by atoms with Gasteiger partial charge in [0, 0.05) is 0 Å². The van der Waals surface area contributed by atoms with E-state index in [0.29, 0.717) is 0 Å². The molecule has 0 heterocycles. The Labute approximate surface area is 238 Å². The van der Waals surface area contributed by atoms with Gasteiger partial charge in [0.05, 0.1) is 7.82 Å². The molecule has 0 radical (unpaired) electrons. The van der Waals surface area contributed by atoms with Crippen molar-refractivity contribution in [2.24, 2.45) is 0 Å². The molecule has 19 heavy (non-hydrogen) atoms. The van der Waals surface area contributed by atoms with E-state index in [1.165, 1.54) is 0 Å². The third-order valence-electron chi connectivity index (χ3n) is 0.194. The molecular weight excluding hydrogens is 411 g/mol. The molecular formula is HK2Na2O12PS2. The van der Waals surface area contributed by atoms with Gasteiger partial charge < -0.3 is 28.4 Å². The topological polar surface area (TPSA) is 216 Å². The van der Waals surface area contributed by atoms with Crippen molar-refractivity contribution in [3.8, 4) is 0 Å². The zero-order valence-corrected chi connectivity index (χ0v) is 23.0. The molecule has 0 saturated carbocycles. The minimum absolute atomic E-state index is 0. The van der Waals surface area contributed by atoms with Crippen molar-refractivity contribution in [2.75, 3.05) is 0 Å². The van der Waals surface area contributed by atoms with Gasteiger partial charge >= 0.3 is 162 Å². The fourth-order valence-electron chi connectivity index (χ4n) is 0.0680. The molecule has 94 valence electrons. The molecule has 0 amide bonds. The summed E-state index contributed by atoms with van der Waals surface area (Å²) < 4.78 is 70.1. The van der Waals surface area contributed by atoms with E-state index in [2.05, 4.69) is 8.67 Å². The quantitative estimate of drug-likeness (QED) is 0.114. The van der Waals surface area contributed by atoms with Gasteiger partial charge in [0.1, 0.15) is 0 Å². The van der Waals surface area contributed by atoms with Gasteiger partial charge in [-0.2, -0.15) is 0 Å². The fraction of sp³-hybridized carbons (Fsp3) is 0. The van der Waals surface area contributed by atoms with Crippen LogP contribution in [0.15, 0.2) is 0 Å². The molecule has 0 atom stereocenters. The van der Waals surface area contributed by atoms with Gasteiger partial charge in [0.25, 0.3) is 0 Å². The molecule has 0 aromatic heterocycles. The first-order chi connectivity index (χ1) is 6.21. The van der Waals surface area contributed by atoms with Crippen LogP contribution in [0.2, 0.25) is 0 Å². The summed E-state index contributed by atoms with van der Waals surface area (Å²) in [6.45, 7) is 0. The Kier molecular flexibility index (Phi) is 37.1. The zero-order chi connectivity index (χ0) is 12.9. The molecule has 0 aliphatic heterocycles. The van der Waals surface area contributed by atoms with Crippen LogP contribution in [0.4, 0.5) is 0 Å². The Hall–Kier alpha value is 5.12. The van der Waals surface area contributed by atoms with Crippen LogP contribution in [0.25, 0.3) is 0 Å². The van der Waals surface area contributed by atoms with Crippen LogP contribution >= 0.6 is 7.82 Å². The predicted octanol–water partition coefficient (Wildman–Crippen LogP) is -16.3. The van der Waals surface area contributed by atoms with Crippen molar-refractivity contribution in [3.63, 3.8) is 0 Å². The minimum Gasteiger partial charge on any atom is -0.790 e. The first-order valence-electron chi connectivity index (χ1n) is 2.25. The number of hydrogen-bond donors (Lipinski definition) is 1. The SMILES string of the molecule is O=P([O-])([O-])O.O=S(=O)([O-])OOS(=O)(=O)[O-].[K+].[K+].[Na+].[Na+]. The summed E-state index contributed by atoms with van der Waals surface area (Å²) in [7, 11) is -15.8. The molecule has 0 unspecified atom stereocenters. The van der Waals surface area contributed by atoms with Gasteiger partial charge in [-0.3, -0.25) is 0 Å². The van der Waals surface area contributed by atoms with Gasteiger partial charge in [-0.1, -0.05) is 0 Å². The molecule has 0 spiro atoms. The Bertz CT molecular complexity index is 380. The summed E-state index contributed by atoms with van der Waals surface area (Å²) >= 11 is 0. The molecule has 0 fully saturated rings. The molecule has 0 bridgehead atoms. The Morgan fingerprint density at radius 2 is 0.947 bits per heavy atom. The maximum absolute atomic E-state index is 9.37. The van der Waals surface area contributed by atoms with Crippen molar-refractivity contribution >= 4 is 28.6 Å². The second-order valence-electron chi connectivity index (χ2n) is 1.42. The molecule has 0 saturated heterocycles. The summed E-state index contributed by atoms with van der Waals surface area (Å²) in [5, 5.41) is 0. The number of rotatable bonds is 3. The Morgan fingerprint density at radius 3 is 1.00 bits per heavy atom. The average Bonchev–Trinajstić information content (AvgIpc) is 1.76. The summed E-state index contributed by atoms with van der Waals surface area (Å²) in [5.41, 5.74) is 0. The first-order valence-corrected chi connectivity index (χ1v) is 6.41. The number of phosphoric acid groups is 1. The van der Waals surface area contributed by atoms with Crippen LogP contribution in [0, 0.1) is 0 Å². The summed E-state index contributed by atoms with van der Waals surface area (Å²) in [6.07, 6.45) is 0. The smallest absolute Gasteiger partial charge is 0.790 e. The van der Waals surface area contributed by atoms with Crippen LogP contribution in [0.5, 0.6) is 0 Å². The van der Waals surface area contributed by atoms with E-state index in [-0.39, 0.29) is 162 Å². The van der Waals surface area contributed by atoms with Gasteiger partial charge in [0.2, 0.25) is 20.8 Å². The van der Waals surface area contributed by atoms with Crippen LogP contribution in [-0.4, -0.2) is 30.8 Å². The standard InChI is InChI=1S/2K.2Na.H2O8S2.H3O4P/c;;;;1-9(2,3)7-8-10(4,5)6;1-5(2,3)4/h;;;;(H,1,2,3)(H,4,5,6);(H3,1,2,3,4)/q4*+1;;/p-4. The zero-order valence-electron chi connectivity index (χ0n) is 10.2. The molecule has 0 aliphatic carbocycles. The molecule has 0 rings (SSSR count). The van der Waals surface area contributed by atoms with Crippen LogP contribution in [0.3, 0.4) is 0 Å². The largest absolute Gasteiger partial charge is 1.00 e. The summed E-state index contributed by atoms with van der Waals surface area (Å²) in [6, 6.07) is 0. The van der Waals surface area contributed by atoms with Crippen molar-refractivity contribution in [2.45, 2.75) is 0 Å². The van der Waals surface area contributed by atoms with Crippen LogP contribution in [-0.2, 0) is 34.0 Å². The van der Waals surface area contributed by atoms with Crippen LogP contribution in [0.1, 0.15) is 0 Å². The van der Waals surface area contributed by atoms with Crippen LogP contribution < -0.4 is 172 Å². The third kappa shape index (κ3) is 70.2. The number of hydrogen-bond acceptors (Lipinski definition) is 11. The monoisotopic (exact) mass is 412 g/mol. The summed E-state index contributed by atoms with van der Waals surface area (Å²) in [5.74, 6) is 0. The van der Waals surface area contributed by atoms with E-state index < -0.39 is 28.6 Å². The third-order valence-corrected chi connectivity index (χ3v) is 0.750. The Balaban J connectivity index is -0.0000000418. The van der Waals surface area contributed by atoms with Gasteiger partial charge in [-0.05, 0) is 0 Å². The van der Waals surface area contributed by atoms with E-state index in [1.54, 1.807) is 0 Å². The van der Waals surface area contributed by atoms with Gasteiger partial charge in [-0.25, -0.2) is 16.8 Å². The van der Waals surface area contributed by atoms with E-state index in [4.69, 9.17) is 19.2 Å². The van der Waals surface area contributed by atoms with Gasteiger partial charge in [0.15, 0.2) is 0 Å². The molecule has 0 aliphatic rings. The molecule has 0 aromatic carbocycles. The second-order valence-corrected chi connectivity index (χ2v) is 4.26. The molecule has 0 aromatic rings. The van der Waals surface area contributed by atoms with E-state index in [9.17, 15) is 25.9 Å². The van der Waals surface area contributed by atoms with Gasteiger partial charge in [-0.15, -0.1) is 8.67 Å². The maximum Gasteiger partial charge on any atom is 1.00 e. The normalized spacial score (nSPS) is 10.2. The van der Waals surface area contributed by atoms with Crippen molar-refractivity contribution in [3.05, 3.63) is 0 Å². The predicted molar refractivity (Wildman–Crippen MR) is 31.4 cm³/mol. The maximum atomic E-state index is 9.37. The van der Waals surface area contributed by atoms with E-state index in [1.807, 2.05) is 0 Å². The summed E-state index contributed by atoms with van der Waals surface area (Å²) in [4.78, 5) is 24.3. The fourth-order valence-corrected chi connectivity index (χ4v) is 0.612. The molecule has 1 N–H and O–H groups in total. The first kappa shape index (κ1) is 39.3. The van der Waals surface area contributed by atoms with Crippen molar-refractivity contribution < 1.29 is 216 Å². The van der Waals surface area contributed by atoms with Crippen molar-refractivity contribution in [1.82, 2.24) is 0 Å². The Morgan fingerprint density at radius 1 is 0.842 bits per heavy atom. The average molecular weight is 412 g/mol. The molecule has 12 nitrogen and oxygen atoms in total. The minimum atomic E-state index is -5.31. The van der Waals surface area contributed by atoms with E-state index in [0.717, 1.165) is 0 Å². The second kappa shape index (κ2) is 17.9. The van der Waals surface area contributed by atoms with Crippen molar-refractivity contribution in [1.29, 1.82) is 0 Å². The van der Waals surface area contributed by atoms with E-state index >= 15 is 0 Å².